The maximum atomic E-state index is 12.7. The van der Waals surface area contributed by atoms with E-state index >= 15 is 0 Å². The lowest BCUT2D eigenvalue weighted by molar-refractivity contribution is -0.384. The van der Waals surface area contributed by atoms with Crippen LogP contribution in [-0.4, -0.2) is 94.8 Å². The molecule has 0 unspecified atom stereocenters. The number of amides is 2. The van der Waals surface area contributed by atoms with Crippen LogP contribution in [0.2, 0.25) is 0 Å². The molecule has 1 aliphatic carbocycles. The average Bonchev–Trinajstić information content (AvgIpc) is 2.94. The number of urea groups is 1. The van der Waals surface area contributed by atoms with Gasteiger partial charge in [-0.25, -0.2) is 9.78 Å². The molecule has 0 radical (unpaired) electrons. The van der Waals surface area contributed by atoms with Crippen molar-refractivity contribution in [1.82, 2.24) is 24.7 Å². The Balaban J connectivity index is 1.29. The zero-order valence-corrected chi connectivity index (χ0v) is 23.1. The smallest absolute Gasteiger partial charge is 0.405 e. The summed E-state index contributed by atoms with van der Waals surface area (Å²) in [5.74, 6) is 0.0409. The first kappa shape index (κ1) is 30.1. The molecule has 2 N–H and O–H groups in total. The summed E-state index contributed by atoms with van der Waals surface area (Å²) in [6.45, 7) is 3.55. The van der Waals surface area contributed by atoms with Crippen LogP contribution in [-0.2, 0) is 6.54 Å². The summed E-state index contributed by atoms with van der Waals surface area (Å²) in [6, 6.07) is 6.17. The van der Waals surface area contributed by atoms with Crippen LogP contribution in [0, 0.1) is 16.0 Å². The minimum Gasteiger partial charge on any atom is -0.405 e. The third-order valence-corrected chi connectivity index (χ3v) is 7.46. The lowest BCUT2D eigenvalue weighted by Crippen LogP contribution is -2.54. The normalized spacial score (nSPS) is 19.9. The van der Waals surface area contributed by atoms with E-state index in [9.17, 15) is 28.1 Å². The highest BCUT2D eigenvalue weighted by molar-refractivity contribution is 5.73. The lowest BCUT2D eigenvalue weighted by atomic mass is 9.85. The number of nitro groups is 1. The summed E-state index contributed by atoms with van der Waals surface area (Å²) in [5.41, 5.74) is -0.0565. The number of ether oxygens (including phenoxy) is 1. The number of nitrogens with zero attached hydrogens (tertiary/aromatic N) is 6. The topological polar surface area (TPSA) is 129 Å². The molecule has 2 aliphatic rings. The highest BCUT2D eigenvalue weighted by Crippen LogP contribution is 2.31. The maximum Gasteiger partial charge on any atom is 0.573 e. The van der Waals surface area contributed by atoms with E-state index in [1.165, 1.54) is 18.2 Å². The summed E-state index contributed by atoms with van der Waals surface area (Å²) in [5, 5.41) is 17.5. The van der Waals surface area contributed by atoms with Gasteiger partial charge in [0.2, 0.25) is 11.8 Å². The van der Waals surface area contributed by atoms with Gasteiger partial charge in [-0.05, 0) is 37.7 Å². The zero-order valence-electron chi connectivity index (χ0n) is 23.1. The summed E-state index contributed by atoms with van der Waals surface area (Å²) in [7, 11) is 3.52. The van der Waals surface area contributed by atoms with E-state index in [-0.39, 0.29) is 41.3 Å². The third kappa shape index (κ3) is 8.31. The van der Waals surface area contributed by atoms with E-state index in [1.807, 2.05) is 4.90 Å². The zero-order chi connectivity index (χ0) is 29.6. The van der Waals surface area contributed by atoms with E-state index in [0.717, 1.165) is 45.0 Å². The van der Waals surface area contributed by atoms with Crippen molar-refractivity contribution in [3.8, 4) is 5.75 Å². The second kappa shape index (κ2) is 13.2. The first-order valence-electron chi connectivity index (χ1n) is 13.5. The minimum atomic E-state index is -4.84. The predicted octanol–water partition coefficient (Wildman–Crippen LogP) is 4.17. The Morgan fingerprint density at radius 2 is 1.80 bits per heavy atom. The van der Waals surface area contributed by atoms with Crippen molar-refractivity contribution in [2.45, 2.75) is 44.6 Å². The van der Waals surface area contributed by atoms with E-state index < -0.39 is 11.3 Å². The van der Waals surface area contributed by atoms with Gasteiger partial charge in [0.05, 0.1) is 4.92 Å². The van der Waals surface area contributed by atoms with Gasteiger partial charge in [0.15, 0.2) is 0 Å². The molecule has 15 heteroatoms. The van der Waals surface area contributed by atoms with Crippen LogP contribution in [0.15, 0.2) is 30.5 Å². The van der Waals surface area contributed by atoms with Gasteiger partial charge in [-0.3, -0.25) is 15.0 Å². The number of carbonyl (C=O) groups excluding carboxylic acids is 1. The Morgan fingerprint density at radius 3 is 2.44 bits per heavy atom. The van der Waals surface area contributed by atoms with Crippen LogP contribution in [0.25, 0.3) is 0 Å². The summed E-state index contributed by atoms with van der Waals surface area (Å²) in [4.78, 5) is 37.3. The fourth-order valence-corrected chi connectivity index (χ4v) is 5.29. The number of halogens is 3. The molecule has 0 atom stereocenters. The molecule has 1 aromatic carbocycles. The van der Waals surface area contributed by atoms with Crippen LogP contribution in [0.4, 0.5) is 35.4 Å². The number of anilines is 2. The quantitative estimate of drug-likeness (QED) is 0.332. The molecular weight excluding hydrogens is 545 g/mol. The molecule has 224 valence electrons. The first-order valence-corrected chi connectivity index (χ1v) is 13.5. The molecule has 0 spiro atoms. The molecule has 2 aromatic rings. The van der Waals surface area contributed by atoms with Gasteiger partial charge < -0.3 is 25.2 Å². The minimum absolute atomic E-state index is 0.0375. The Bertz CT molecular complexity index is 1200. The number of carbonyl (C=O) groups is 1. The number of piperazine rings is 1. The summed E-state index contributed by atoms with van der Waals surface area (Å²) >= 11 is 0. The molecule has 2 amide bonds. The first-order chi connectivity index (χ1) is 19.5. The number of hydrogen-bond acceptors (Lipinski definition) is 9. The molecule has 1 saturated carbocycles. The van der Waals surface area contributed by atoms with Crippen LogP contribution in [0.3, 0.4) is 0 Å². The Kier molecular flexibility index (Phi) is 9.68. The van der Waals surface area contributed by atoms with Crippen LogP contribution < -0.4 is 15.4 Å². The van der Waals surface area contributed by atoms with Crippen LogP contribution in [0.1, 0.15) is 31.2 Å². The number of para-hydroxylation sites is 1. The number of benzene rings is 1. The van der Waals surface area contributed by atoms with E-state index in [2.05, 4.69) is 30.2 Å². The van der Waals surface area contributed by atoms with Crippen molar-refractivity contribution in [2.24, 2.45) is 5.92 Å². The Hall–Kier alpha value is -3.88. The van der Waals surface area contributed by atoms with Gasteiger partial charge in [-0.15, -0.1) is 13.2 Å². The largest absolute Gasteiger partial charge is 0.573 e. The van der Waals surface area contributed by atoms with Crippen molar-refractivity contribution in [3.05, 3.63) is 46.1 Å². The van der Waals surface area contributed by atoms with Crippen LogP contribution >= 0.6 is 0 Å². The van der Waals surface area contributed by atoms with E-state index in [1.54, 1.807) is 25.1 Å². The SMILES string of the molecule is CN(C)C(=O)N1CCN([C@H]2CC[C@H](CNc3nc(NCc4ccccc4OC(F)(F)F)ncc3[N+](=O)[O-])CC2)CC1. The van der Waals surface area contributed by atoms with E-state index in [4.69, 9.17) is 0 Å². The molecule has 4 rings (SSSR count). The fourth-order valence-electron chi connectivity index (χ4n) is 5.29. The summed E-state index contributed by atoms with van der Waals surface area (Å²) < 4.78 is 42.2. The molecule has 1 aliphatic heterocycles. The Morgan fingerprint density at radius 1 is 1.12 bits per heavy atom. The van der Waals surface area contributed by atoms with Crippen molar-refractivity contribution in [1.29, 1.82) is 0 Å². The molecular formula is C26H35F3N8O4. The molecule has 12 nitrogen and oxygen atoms in total. The van der Waals surface area contributed by atoms with Crippen molar-refractivity contribution >= 4 is 23.5 Å². The highest BCUT2D eigenvalue weighted by atomic mass is 19.4. The number of rotatable bonds is 9. The lowest BCUT2D eigenvalue weighted by Gasteiger charge is -2.42. The van der Waals surface area contributed by atoms with Crippen molar-refractivity contribution < 1.29 is 27.6 Å². The van der Waals surface area contributed by atoms with Crippen molar-refractivity contribution in [3.63, 3.8) is 0 Å². The van der Waals surface area contributed by atoms with Gasteiger partial charge in [0.25, 0.3) is 0 Å². The molecule has 2 heterocycles. The number of aromatic nitrogens is 2. The number of alkyl halides is 3. The second-order valence-corrected chi connectivity index (χ2v) is 10.4. The predicted molar refractivity (Wildman–Crippen MR) is 146 cm³/mol. The summed E-state index contributed by atoms with van der Waals surface area (Å²) in [6.07, 6.45) is 0.159. The molecule has 1 saturated heterocycles. The standard InChI is InChI=1S/C26H35F3N8O4/c1-34(2)25(38)36-13-11-35(12-14-36)20-9-7-18(8-10-20)15-30-23-21(37(39)40)17-32-24(33-23)31-16-19-5-3-4-6-22(19)41-26(27,28)29/h3-6,17-18,20H,7-16H2,1-2H3,(H2,30,31,32,33)/t18-,20-. The van der Waals surface area contributed by atoms with Crippen LogP contribution in [0.5, 0.6) is 5.75 Å². The second-order valence-electron chi connectivity index (χ2n) is 10.4. The maximum absolute atomic E-state index is 12.7. The molecule has 2 fully saturated rings. The highest BCUT2D eigenvalue weighted by Gasteiger charge is 2.32. The Labute approximate surface area is 236 Å². The fraction of sp³-hybridized carbons (Fsp3) is 0.577. The molecule has 41 heavy (non-hydrogen) atoms. The van der Waals surface area contributed by atoms with Gasteiger partial charge in [0.1, 0.15) is 11.9 Å². The average molecular weight is 581 g/mol. The van der Waals surface area contributed by atoms with Gasteiger partial charge >= 0.3 is 18.1 Å². The van der Waals surface area contributed by atoms with Crippen molar-refractivity contribution in [2.75, 3.05) is 57.5 Å². The monoisotopic (exact) mass is 580 g/mol. The van der Waals surface area contributed by atoms with Gasteiger partial charge in [-0.1, -0.05) is 18.2 Å². The molecule has 1 aromatic heterocycles. The molecule has 0 bridgehead atoms. The van der Waals surface area contributed by atoms with Gasteiger partial charge in [0, 0.05) is 65.0 Å². The third-order valence-electron chi connectivity index (χ3n) is 7.46. The van der Waals surface area contributed by atoms with E-state index in [0.29, 0.717) is 31.6 Å². The van der Waals surface area contributed by atoms with Gasteiger partial charge in [-0.2, -0.15) is 4.98 Å². The number of nitrogens with one attached hydrogen (secondary N) is 2. The number of hydrogen-bond donors (Lipinski definition) is 2.